The largest absolute Gasteiger partial charge is 0.478 e. The highest BCUT2D eigenvalue weighted by Gasteiger charge is 2.23. The number of carbonyl (C=O) groups is 4. The Kier molecular flexibility index (Phi) is 14.0. The lowest BCUT2D eigenvalue weighted by Gasteiger charge is -2.32. The molecule has 41 heavy (non-hydrogen) atoms. The first-order chi connectivity index (χ1) is 19.2. The van der Waals surface area contributed by atoms with Crippen LogP contribution in [0, 0.1) is 6.92 Å². The number of pyridine rings is 1. The van der Waals surface area contributed by atoms with Crippen LogP contribution >= 0.6 is 11.8 Å². The number of carboxylic acids is 4. The summed E-state index contributed by atoms with van der Waals surface area (Å²) >= 11 is 1.85. The van der Waals surface area contributed by atoms with Gasteiger partial charge in [0.05, 0.1) is 5.52 Å². The molecule has 1 aromatic heterocycles. The summed E-state index contributed by atoms with van der Waals surface area (Å²) in [6.07, 6.45) is 2.23. The van der Waals surface area contributed by atoms with Crippen LogP contribution in [0.5, 0.6) is 0 Å². The van der Waals surface area contributed by atoms with Gasteiger partial charge in [-0.2, -0.15) is 0 Å². The topological polar surface area (TPSA) is 165 Å². The molecule has 1 heterocycles. The number of aryl methyl sites for hydroxylation is 1. The highest BCUT2D eigenvalue weighted by Crippen LogP contribution is 2.37. The van der Waals surface area contributed by atoms with Crippen LogP contribution in [0.15, 0.2) is 83.9 Å². The first-order valence-corrected chi connectivity index (χ1v) is 13.2. The van der Waals surface area contributed by atoms with E-state index in [4.69, 9.17) is 25.4 Å². The van der Waals surface area contributed by atoms with E-state index in [9.17, 15) is 19.2 Å². The van der Waals surface area contributed by atoms with Crippen LogP contribution in [-0.4, -0.2) is 79.6 Å². The maximum atomic E-state index is 9.55. The third-order valence-electron chi connectivity index (χ3n) is 5.69. The summed E-state index contributed by atoms with van der Waals surface area (Å²) in [5, 5.41) is 33.6. The van der Waals surface area contributed by atoms with Crippen LogP contribution < -0.4 is 0 Å². The molecule has 0 aliphatic rings. The first kappa shape index (κ1) is 34.5. The summed E-state index contributed by atoms with van der Waals surface area (Å²) in [4.78, 5) is 45.5. The van der Waals surface area contributed by atoms with Crippen LogP contribution in [0.2, 0.25) is 0 Å². The van der Waals surface area contributed by atoms with Gasteiger partial charge in [0, 0.05) is 46.5 Å². The Morgan fingerprint density at radius 1 is 0.780 bits per heavy atom. The van der Waals surface area contributed by atoms with Crippen molar-refractivity contribution < 1.29 is 39.6 Å². The van der Waals surface area contributed by atoms with E-state index in [0.717, 1.165) is 16.3 Å². The van der Waals surface area contributed by atoms with Gasteiger partial charge in [0.15, 0.2) is 0 Å². The van der Waals surface area contributed by atoms with Crippen molar-refractivity contribution in [3.63, 3.8) is 0 Å². The number of rotatable bonds is 9. The molecule has 218 valence electrons. The number of nitrogens with zero attached hydrogens (tertiary/aromatic N) is 2. The number of fused-ring (bicyclic) bond motifs is 1. The number of aliphatic carboxylic acids is 4. The molecule has 4 N–H and O–H groups in total. The predicted molar refractivity (Wildman–Crippen MR) is 159 cm³/mol. The van der Waals surface area contributed by atoms with Crippen molar-refractivity contribution in [1.29, 1.82) is 0 Å². The van der Waals surface area contributed by atoms with Gasteiger partial charge in [-0.15, -0.1) is 11.8 Å². The summed E-state index contributed by atoms with van der Waals surface area (Å²) in [6.45, 7) is 6.76. The molecule has 0 bridgehead atoms. The van der Waals surface area contributed by atoms with Crippen molar-refractivity contribution in [2.24, 2.45) is 0 Å². The number of thioether (sulfide) groups is 1. The van der Waals surface area contributed by atoms with Gasteiger partial charge in [0.25, 0.3) is 0 Å². The monoisotopic (exact) mass is 582 g/mol. The van der Waals surface area contributed by atoms with Gasteiger partial charge < -0.3 is 25.3 Å². The van der Waals surface area contributed by atoms with Crippen LogP contribution in [0.4, 0.5) is 0 Å². The van der Waals surface area contributed by atoms with Gasteiger partial charge in [-0.05, 0) is 52.1 Å². The average molecular weight is 583 g/mol. The van der Waals surface area contributed by atoms with E-state index in [1.807, 2.05) is 11.8 Å². The highest BCUT2D eigenvalue weighted by molar-refractivity contribution is 7.99. The van der Waals surface area contributed by atoms with Crippen molar-refractivity contribution in [2.45, 2.75) is 31.3 Å². The second-order valence-corrected chi connectivity index (χ2v) is 10.3. The minimum atomic E-state index is -1.26. The van der Waals surface area contributed by atoms with Crippen molar-refractivity contribution in [3.05, 3.63) is 84.5 Å². The summed E-state index contributed by atoms with van der Waals surface area (Å²) < 4.78 is 0. The molecular weight excluding hydrogens is 548 g/mol. The molecule has 0 saturated heterocycles. The van der Waals surface area contributed by atoms with E-state index in [1.165, 1.54) is 22.1 Å². The summed E-state index contributed by atoms with van der Waals surface area (Å²) in [7, 11) is 4.27. The maximum Gasteiger partial charge on any atom is 0.328 e. The molecule has 10 nitrogen and oxygen atoms in total. The molecule has 0 spiro atoms. The first-order valence-electron chi connectivity index (χ1n) is 12.2. The molecule has 0 saturated carbocycles. The summed E-state index contributed by atoms with van der Waals surface area (Å²) in [5.41, 5.74) is 4.99. The van der Waals surface area contributed by atoms with Crippen molar-refractivity contribution in [2.75, 3.05) is 19.8 Å². The van der Waals surface area contributed by atoms with E-state index in [-0.39, 0.29) is 5.54 Å². The average Bonchev–Trinajstić information content (AvgIpc) is 2.91. The van der Waals surface area contributed by atoms with E-state index < -0.39 is 23.9 Å². The fourth-order valence-corrected chi connectivity index (χ4v) is 4.38. The fourth-order valence-electron chi connectivity index (χ4n) is 3.06. The number of hydrogen-bond acceptors (Lipinski definition) is 7. The van der Waals surface area contributed by atoms with Crippen molar-refractivity contribution >= 4 is 46.5 Å². The van der Waals surface area contributed by atoms with E-state index in [2.05, 4.69) is 94.4 Å². The molecule has 0 aliphatic heterocycles. The van der Waals surface area contributed by atoms with Crippen molar-refractivity contribution in [1.82, 2.24) is 9.88 Å². The molecule has 3 rings (SSSR count). The van der Waals surface area contributed by atoms with Crippen LogP contribution in [-0.2, 0) is 19.2 Å². The Morgan fingerprint density at radius 2 is 1.22 bits per heavy atom. The van der Waals surface area contributed by atoms with E-state index in [0.29, 0.717) is 24.3 Å². The zero-order valence-corrected chi connectivity index (χ0v) is 24.3. The molecule has 0 atom stereocenters. The Labute approximate surface area is 242 Å². The van der Waals surface area contributed by atoms with Gasteiger partial charge in [-0.1, -0.05) is 48.5 Å². The number of carboxylic acid groups (broad SMARTS) is 4. The molecular formula is C30H34N2O8S. The quantitative estimate of drug-likeness (QED) is 0.197. The minimum absolute atomic E-state index is 0.111. The molecule has 0 amide bonds. The van der Waals surface area contributed by atoms with Gasteiger partial charge in [0.2, 0.25) is 0 Å². The Hall–Kier alpha value is -4.48. The summed E-state index contributed by atoms with van der Waals surface area (Å²) in [5.74, 6) is -4.04. The zero-order chi connectivity index (χ0) is 31.2. The molecule has 0 unspecified atom stereocenters. The Morgan fingerprint density at radius 3 is 1.66 bits per heavy atom. The highest BCUT2D eigenvalue weighted by atomic mass is 32.2. The summed E-state index contributed by atoms with van der Waals surface area (Å²) in [6, 6.07) is 19.1. The van der Waals surface area contributed by atoms with Gasteiger partial charge in [0.1, 0.15) is 5.03 Å². The lowest BCUT2D eigenvalue weighted by atomic mass is 9.99. The molecule has 0 radical (unpaired) electrons. The number of para-hydroxylation sites is 1. The smallest absolute Gasteiger partial charge is 0.328 e. The Balaban J connectivity index is 0.000000433. The van der Waals surface area contributed by atoms with E-state index in [1.54, 1.807) is 0 Å². The third kappa shape index (κ3) is 12.5. The molecule has 3 aromatic rings. The molecule has 0 aliphatic carbocycles. The van der Waals surface area contributed by atoms with E-state index >= 15 is 0 Å². The van der Waals surface area contributed by atoms with Crippen molar-refractivity contribution in [3.8, 4) is 11.1 Å². The van der Waals surface area contributed by atoms with Crippen LogP contribution in [0.25, 0.3) is 22.0 Å². The SMILES string of the molecule is Cc1c(-c2ccccc2)c(SCC(C)(C)N(C)C)nc2ccccc12.O=C(O)C=CC(=O)O.O=C(O)C=CC(=O)O. The molecule has 0 fully saturated rings. The Bertz CT molecular complexity index is 1350. The lowest BCUT2D eigenvalue weighted by molar-refractivity contribution is -0.134. The number of benzene rings is 2. The second-order valence-electron chi connectivity index (χ2n) is 9.32. The normalized spacial score (nSPS) is 11.1. The van der Waals surface area contributed by atoms with Gasteiger partial charge in [-0.3, -0.25) is 0 Å². The van der Waals surface area contributed by atoms with Gasteiger partial charge >= 0.3 is 23.9 Å². The minimum Gasteiger partial charge on any atom is -0.478 e. The lowest BCUT2D eigenvalue weighted by Crippen LogP contribution is -2.40. The standard InChI is InChI=1S/C22H26N2S.2C4H4O4/c1-16-18-13-9-10-14-19(18)23-21(25-15-22(2,3)24(4)5)20(16)17-11-7-6-8-12-17;2*5-3(6)1-2-4(7)8/h6-14H,15H2,1-5H3;2*1-2H,(H,5,6)(H,7,8). The van der Waals surface area contributed by atoms with Crippen LogP contribution in [0.3, 0.4) is 0 Å². The number of hydrogen-bond donors (Lipinski definition) is 4. The van der Waals surface area contributed by atoms with Crippen LogP contribution in [0.1, 0.15) is 19.4 Å². The fraction of sp³-hybridized carbons (Fsp3) is 0.233. The third-order valence-corrected chi connectivity index (χ3v) is 7.11. The van der Waals surface area contributed by atoms with Gasteiger partial charge in [-0.25, -0.2) is 24.2 Å². The predicted octanol–water partition coefficient (Wildman–Crippen LogP) is 5.07. The second kappa shape index (κ2) is 16.6. The molecule has 11 heteroatoms. The molecule has 2 aromatic carbocycles. The number of aromatic nitrogens is 1. The zero-order valence-electron chi connectivity index (χ0n) is 23.4. The maximum absolute atomic E-state index is 9.55.